The molecule has 0 saturated carbocycles. The van der Waals surface area contributed by atoms with E-state index in [1.165, 1.54) is 0 Å². The highest BCUT2D eigenvalue weighted by molar-refractivity contribution is 5.79. The third-order valence-corrected chi connectivity index (χ3v) is 4.92. The fourth-order valence-electron chi connectivity index (χ4n) is 3.67. The Balaban J connectivity index is 2.23. The fraction of sp³-hybridized carbons (Fsp3) is 0.500. The van der Waals surface area contributed by atoms with Gasteiger partial charge in [0.2, 0.25) is 5.88 Å². The molecular weight excluding hydrogens is 378 g/mol. The van der Waals surface area contributed by atoms with E-state index in [9.17, 15) is 9.59 Å². The number of hydrogen-bond donors (Lipinski definition) is 0. The van der Waals surface area contributed by atoms with E-state index >= 15 is 0 Å². The summed E-state index contributed by atoms with van der Waals surface area (Å²) in [6.07, 6.45) is -0.855. The van der Waals surface area contributed by atoms with Crippen molar-refractivity contribution in [3.05, 3.63) is 33.6 Å². The first-order chi connectivity index (χ1) is 13.9. The van der Waals surface area contributed by atoms with E-state index in [1.54, 1.807) is 35.6 Å². The number of carbonyl (C=O) groups excluding carboxylic acids is 1. The second kappa shape index (κ2) is 8.71. The molecule has 0 atom stereocenters. The van der Waals surface area contributed by atoms with Gasteiger partial charge in [-0.2, -0.15) is 5.06 Å². The van der Waals surface area contributed by atoms with Gasteiger partial charge in [-0.3, -0.25) is 4.79 Å². The minimum Gasteiger partial charge on any atom is -0.496 e. The molecule has 0 amide bonds. The summed E-state index contributed by atoms with van der Waals surface area (Å²) < 4.78 is 19.3. The van der Waals surface area contributed by atoms with Crippen molar-refractivity contribution in [3.63, 3.8) is 0 Å². The van der Waals surface area contributed by atoms with Crippen molar-refractivity contribution in [2.24, 2.45) is 0 Å². The summed E-state index contributed by atoms with van der Waals surface area (Å²) in [6.45, 7) is 7.58. The van der Waals surface area contributed by atoms with E-state index in [0.717, 1.165) is 11.1 Å². The van der Waals surface area contributed by atoms with Gasteiger partial charge >= 0.3 is 6.16 Å². The van der Waals surface area contributed by atoms with Crippen molar-refractivity contribution in [2.75, 3.05) is 33.9 Å². The van der Waals surface area contributed by atoms with E-state index in [1.807, 2.05) is 26.0 Å². The van der Waals surface area contributed by atoms with Gasteiger partial charge in [0, 0.05) is 18.7 Å². The first-order valence-electron chi connectivity index (χ1n) is 9.54. The molecule has 0 spiro atoms. The van der Waals surface area contributed by atoms with E-state index in [2.05, 4.69) is 0 Å². The quantitative estimate of drug-likeness (QED) is 0.706. The third kappa shape index (κ3) is 4.01. The Morgan fingerprint density at radius 2 is 1.72 bits per heavy atom. The minimum atomic E-state index is -0.855. The van der Waals surface area contributed by atoms with Gasteiger partial charge in [0.1, 0.15) is 11.3 Å². The Labute approximate surface area is 169 Å². The number of fused-ring (bicyclic) bond motifs is 1. The lowest BCUT2D eigenvalue weighted by molar-refractivity contribution is -0.130. The molecule has 9 nitrogen and oxygen atoms in total. The van der Waals surface area contributed by atoms with Crippen LogP contribution in [-0.2, 0) is 22.7 Å². The van der Waals surface area contributed by atoms with Crippen molar-refractivity contribution in [1.82, 2.24) is 14.4 Å². The second-order valence-corrected chi connectivity index (χ2v) is 6.79. The number of benzene rings is 1. The first-order valence-corrected chi connectivity index (χ1v) is 9.54. The molecule has 2 aromatic rings. The topological polar surface area (TPSA) is 84.2 Å². The normalized spacial score (nSPS) is 14.2. The molecule has 1 aliphatic heterocycles. The molecular formula is C20H27N3O6. The van der Waals surface area contributed by atoms with Crippen molar-refractivity contribution in [1.29, 1.82) is 0 Å². The molecule has 2 heterocycles. The highest BCUT2D eigenvalue weighted by Gasteiger charge is 2.30. The predicted molar refractivity (Wildman–Crippen MR) is 106 cm³/mol. The van der Waals surface area contributed by atoms with E-state index in [-0.39, 0.29) is 18.0 Å². The Kier molecular flexibility index (Phi) is 6.29. The average molecular weight is 405 g/mol. The maximum absolute atomic E-state index is 13.4. The van der Waals surface area contributed by atoms with Crippen LogP contribution in [0.1, 0.15) is 18.1 Å². The van der Waals surface area contributed by atoms with Crippen LogP contribution in [0.15, 0.2) is 16.9 Å². The lowest BCUT2D eigenvalue weighted by atomic mass is 9.99. The summed E-state index contributed by atoms with van der Waals surface area (Å²) >= 11 is 0. The Morgan fingerprint density at radius 3 is 2.34 bits per heavy atom. The molecule has 3 rings (SSSR count). The van der Waals surface area contributed by atoms with Crippen LogP contribution >= 0.6 is 0 Å². The molecule has 1 aliphatic rings. The van der Waals surface area contributed by atoms with Crippen LogP contribution in [0.25, 0.3) is 11.1 Å². The van der Waals surface area contributed by atoms with Gasteiger partial charge in [-0.25, -0.2) is 14.2 Å². The summed E-state index contributed by atoms with van der Waals surface area (Å²) in [7, 11) is 3.14. The lowest BCUT2D eigenvalue weighted by Crippen LogP contribution is -2.27. The summed E-state index contributed by atoms with van der Waals surface area (Å²) in [4.78, 5) is 30.9. The summed E-state index contributed by atoms with van der Waals surface area (Å²) in [6, 6.07) is 3.82. The van der Waals surface area contributed by atoms with Crippen molar-refractivity contribution in [2.45, 2.75) is 33.9 Å². The number of aryl methyl sites for hydroxylation is 2. The van der Waals surface area contributed by atoms with Crippen LogP contribution in [0, 0.1) is 13.8 Å². The molecule has 1 aromatic heterocycles. The zero-order valence-corrected chi connectivity index (χ0v) is 17.5. The predicted octanol–water partition coefficient (Wildman–Crippen LogP) is 2.35. The lowest BCUT2D eigenvalue weighted by Gasteiger charge is -2.16. The Bertz CT molecular complexity index is 962. The second-order valence-electron chi connectivity index (χ2n) is 6.79. The smallest absolute Gasteiger partial charge is 0.496 e. The zero-order chi connectivity index (χ0) is 21.1. The number of rotatable bonds is 5. The number of ether oxygens (including phenoxy) is 3. The maximum Gasteiger partial charge on any atom is 0.515 e. The molecule has 158 valence electrons. The van der Waals surface area contributed by atoms with Gasteiger partial charge in [0.25, 0.3) is 5.56 Å². The summed E-state index contributed by atoms with van der Waals surface area (Å²) in [5, 5.41) is 1.75. The van der Waals surface area contributed by atoms with Crippen LogP contribution in [-0.4, -0.2) is 54.5 Å². The average Bonchev–Trinajstić information content (AvgIpc) is 2.83. The van der Waals surface area contributed by atoms with Gasteiger partial charge in [-0.15, -0.1) is 0 Å². The van der Waals surface area contributed by atoms with Gasteiger partial charge in [0.05, 0.1) is 33.9 Å². The molecule has 0 fully saturated rings. The standard InChI is InChI=1S/C20H27N3O6/c1-6-28-20(25)29-19-17(16-14(3)11-13(2)12-15(16)26-4)18(24)22-9-7-21(27-5)8-10-23(19)22/h11-12H,6-10H2,1-5H3. The number of hydrogen-bond acceptors (Lipinski definition) is 7. The number of methoxy groups -OCH3 is 1. The molecule has 0 N–H and O–H groups in total. The summed E-state index contributed by atoms with van der Waals surface area (Å²) in [5.41, 5.74) is 2.50. The fourth-order valence-corrected chi connectivity index (χ4v) is 3.67. The van der Waals surface area contributed by atoms with Gasteiger partial charge in [-0.1, -0.05) is 6.07 Å². The third-order valence-electron chi connectivity index (χ3n) is 4.92. The summed E-state index contributed by atoms with van der Waals surface area (Å²) in [5.74, 6) is 0.699. The number of hydroxylamine groups is 2. The molecule has 9 heteroatoms. The Hall–Kier alpha value is -2.78. The largest absolute Gasteiger partial charge is 0.515 e. The molecule has 0 unspecified atom stereocenters. The molecule has 29 heavy (non-hydrogen) atoms. The minimum absolute atomic E-state index is 0.150. The van der Waals surface area contributed by atoms with Crippen molar-refractivity contribution < 1.29 is 23.8 Å². The molecule has 0 aliphatic carbocycles. The van der Waals surface area contributed by atoms with E-state index in [0.29, 0.717) is 43.1 Å². The van der Waals surface area contributed by atoms with Crippen LogP contribution in [0.2, 0.25) is 0 Å². The van der Waals surface area contributed by atoms with Gasteiger partial charge in [0.15, 0.2) is 0 Å². The molecule has 0 radical (unpaired) electrons. The van der Waals surface area contributed by atoms with Crippen LogP contribution < -0.4 is 15.0 Å². The molecule has 1 aromatic carbocycles. The molecule has 0 saturated heterocycles. The van der Waals surface area contributed by atoms with E-state index in [4.69, 9.17) is 19.0 Å². The van der Waals surface area contributed by atoms with Crippen molar-refractivity contribution in [3.8, 4) is 22.8 Å². The molecule has 0 bridgehead atoms. The SMILES string of the molecule is CCOC(=O)Oc1c(-c2c(C)cc(C)cc2OC)c(=O)n2n1CCN(OC)CC2. The first kappa shape index (κ1) is 20.9. The van der Waals surface area contributed by atoms with Crippen LogP contribution in [0.5, 0.6) is 11.6 Å². The van der Waals surface area contributed by atoms with Crippen LogP contribution in [0.4, 0.5) is 4.79 Å². The number of aromatic nitrogens is 2. The monoisotopic (exact) mass is 405 g/mol. The zero-order valence-electron chi connectivity index (χ0n) is 17.5. The number of carbonyl (C=O) groups is 1. The highest BCUT2D eigenvalue weighted by Crippen LogP contribution is 2.38. The number of nitrogens with zero attached hydrogens (tertiary/aromatic N) is 3. The van der Waals surface area contributed by atoms with E-state index < -0.39 is 6.16 Å². The van der Waals surface area contributed by atoms with Gasteiger partial charge in [-0.05, 0) is 38.0 Å². The van der Waals surface area contributed by atoms with Crippen molar-refractivity contribution >= 4 is 6.16 Å². The maximum atomic E-state index is 13.4. The van der Waals surface area contributed by atoms with Gasteiger partial charge < -0.3 is 19.0 Å². The highest BCUT2D eigenvalue weighted by atomic mass is 16.7. The Morgan fingerprint density at radius 1 is 1.03 bits per heavy atom. The van der Waals surface area contributed by atoms with Crippen LogP contribution in [0.3, 0.4) is 0 Å².